The van der Waals surface area contributed by atoms with E-state index in [0.717, 1.165) is 11.3 Å². The second-order valence-corrected chi connectivity index (χ2v) is 9.27. The maximum absolute atomic E-state index is 12.6. The van der Waals surface area contributed by atoms with Crippen molar-refractivity contribution in [3.05, 3.63) is 95.6 Å². The van der Waals surface area contributed by atoms with Crippen molar-refractivity contribution < 1.29 is 13.2 Å². The van der Waals surface area contributed by atoms with Crippen molar-refractivity contribution >= 4 is 21.4 Å². The van der Waals surface area contributed by atoms with Gasteiger partial charge in [0.25, 0.3) is 5.91 Å². The summed E-state index contributed by atoms with van der Waals surface area (Å²) in [5.74, 6) is -0.274. The van der Waals surface area contributed by atoms with Crippen LogP contribution < -0.4 is 10.2 Å². The fourth-order valence-corrected chi connectivity index (χ4v) is 4.40. The van der Waals surface area contributed by atoms with E-state index in [2.05, 4.69) is 10.2 Å². The number of amides is 1. The minimum Gasteiger partial charge on any atom is -0.373 e. The van der Waals surface area contributed by atoms with E-state index in [9.17, 15) is 13.2 Å². The molecule has 3 aromatic rings. The molecular formula is C24H26N2O3S. The van der Waals surface area contributed by atoms with Gasteiger partial charge in [0.15, 0.2) is 9.84 Å². The van der Waals surface area contributed by atoms with Crippen molar-refractivity contribution in [1.29, 1.82) is 0 Å². The molecule has 0 radical (unpaired) electrons. The van der Waals surface area contributed by atoms with E-state index in [4.69, 9.17) is 0 Å². The molecule has 0 fully saturated rings. The molecule has 3 aromatic carbocycles. The standard InChI is InChI=1S/C24H26N2O3S/c1-19-8-14-23(15-9-19)30(28,29)18-20-10-12-21(13-11-20)24(27)25-16-17-26(2)22-6-4-3-5-7-22/h3-15H,16-18H2,1-2H3,(H,25,27). The molecule has 0 aromatic heterocycles. The Balaban J connectivity index is 1.54. The maximum atomic E-state index is 12.6. The highest BCUT2D eigenvalue weighted by molar-refractivity contribution is 7.90. The predicted molar refractivity (Wildman–Crippen MR) is 121 cm³/mol. The molecule has 0 atom stereocenters. The second kappa shape index (κ2) is 9.59. The van der Waals surface area contributed by atoms with Crippen LogP contribution in [0, 0.1) is 6.92 Å². The summed E-state index contributed by atoms with van der Waals surface area (Å²) >= 11 is 0. The molecule has 0 heterocycles. The first-order valence-corrected chi connectivity index (χ1v) is 11.4. The molecule has 1 N–H and O–H groups in total. The Morgan fingerprint density at radius 3 is 2.17 bits per heavy atom. The average Bonchev–Trinajstić information content (AvgIpc) is 2.74. The first-order valence-electron chi connectivity index (χ1n) is 9.78. The van der Waals surface area contributed by atoms with Crippen molar-refractivity contribution in [3.8, 4) is 0 Å². The van der Waals surface area contributed by atoms with Crippen LogP contribution in [0.3, 0.4) is 0 Å². The summed E-state index contributed by atoms with van der Waals surface area (Å²) in [6, 6.07) is 23.5. The van der Waals surface area contributed by atoms with Gasteiger partial charge in [-0.2, -0.15) is 0 Å². The molecule has 156 valence electrons. The third kappa shape index (κ3) is 5.70. The lowest BCUT2D eigenvalue weighted by Gasteiger charge is -2.19. The Morgan fingerprint density at radius 2 is 1.53 bits per heavy atom. The summed E-state index contributed by atoms with van der Waals surface area (Å²) in [4.78, 5) is 14.7. The molecule has 0 spiro atoms. The van der Waals surface area contributed by atoms with Gasteiger partial charge in [-0.1, -0.05) is 48.0 Å². The van der Waals surface area contributed by atoms with Gasteiger partial charge in [0.1, 0.15) is 0 Å². The lowest BCUT2D eigenvalue weighted by Crippen LogP contribution is -2.32. The van der Waals surface area contributed by atoms with Gasteiger partial charge in [0.2, 0.25) is 0 Å². The SMILES string of the molecule is Cc1ccc(S(=O)(=O)Cc2ccc(C(=O)NCCN(C)c3ccccc3)cc2)cc1. The molecule has 6 heteroatoms. The van der Waals surface area contributed by atoms with Crippen molar-refractivity contribution in [3.63, 3.8) is 0 Å². The highest BCUT2D eigenvalue weighted by Gasteiger charge is 2.15. The van der Waals surface area contributed by atoms with Gasteiger partial charge in [0.05, 0.1) is 10.6 Å². The number of carbonyl (C=O) groups is 1. The normalized spacial score (nSPS) is 11.1. The van der Waals surface area contributed by atoms with Gasteiger partial charge in [-0.25, -0.2) is 8.42 Å². The number of nitrogens with one attached hydrogen (secondary N) is 1. The lowest BCUT2D eigenvalue weighted by molar-refractivity contribution is 0.0954. The lowest BCUT2D eigenvalue weighted by atomic mass is 10.1. The van der Waals surface area contributed by atoms with Crippen molar-refractivity contribution in [2.75, 3.05) is 25.0 Å². The highest BCUT2D eigenvalue weighted by atomic mass is 32.2. The van der Waals surface area contributed by atoms with Gasteiger partial charge in [-0.3, -0.25) is 4.79 Å². The zero-order valence-corrected chi connectivity index (χ0v) is 18.0. The van der Waals surface area contributed by atoms with E-state index in [1.165, 1.54) is 0 Å². The van der Waals surface area contributed by atoms with Crippen LogP contribution in [-0.2, 0) is 15.6 Å². The maximum Gasteiger partial charge on any atom is 0.251 e. The summed E-state index contributed by atoms with van der Waals surface area (Å²) in [6.45, 7) is 3.11. The first-order chi connectivity index (χ1) is 14.3. The van der Waals surface area contributed by atoms with Gasteiger partial charge in [0, 0.05) is 31.4 Å². The van der Waals surface area contributed by atoms with Crippen LogP contribution in [0.5, 0.6) is 0 Å². The largest absolute Gasteiger partial charge is 0.373 e. The van der Waals surface area contributed by atoms with Crippen LogP contribution in [0.2, 0.25) is 0 Å². The number of likely N-dealkylation sites (N-methyl/N-ethyl adjacent to an activating group) is 1. The smallest absolute Gasteiger partial charge is 0.251 e. The van der Waals surface area contributed by atoms with Gasteiger partial charge >= 0.3 is 0 Å². The number of aryl methyl sites for hydroxylation is 1. The molecular weight excluding hydrogens is 396 g/mol. The average molecular weight is 423 g/mol. The topological polar surface area (TPSA) is 66.5 Å². The van der Waals surface area contributed by atoms with E-state index in [0.29, 0.717) is 29.1 Å². The fourth-order valence-electron chi connectivity index (χ4n) is 3.05. The molecule has 5 nitrogen and oxygen atoms in total. The molecule has 0 aliphatic rings. The Hall–Kier alpha value is -3.12. The molecule has 0 unspecified atom stereocenters. The van der Waals surface area contributed by atoms with Crippen LogP contribution in [0.25, 0.3) is 0 Å². The Labute approximate surface area is 178 Å². The Morgan fingerprint density at radius 1 is 0.900 bits per heavy atom. The number of sulfone groups is 1. The summed E-state index contributed by atoms with van der Waals surface area (Å²) < 4.78 is 25.1. The first kappa shape index (κ1) is 21.6. The minimum absolute atomic E-state index is 0.0974. The molecule has 0 aliphatic carbocycles. The number of hydrogen-bond acceptors (Lipinski definition) is 4. The van der Waals surface area contributed by atoms with Gasteiger partial charge < -0.3 is 10.2 Å². The molecule has 0 saturated heterocycles. The van der Waals surface area contributed by atoms with E-state index in [1.54, 1.807) is 48.5 Å². The second-order valence-electron chi connectivity index (χ2n) is 7.28. The number of hydrogen-bond donors (Lipinski definition) is 1. The fraction of sp³-hybridized carbons (Fsp3) is 0.208. The summed E-state index contributed by atoms with van der Waals surface area (Å²) in [5.41, 5.74) is 3.26. The number of para-hydroxylation sites is 1. The summed E-state index contributed by atoms with van der Waals surface area (Å²) in [7, 11) is -1.44. The number of anilines is 1. The number of nitrogens with zero attached hydrogens (tertiary/aromatic N) is 1. The molecule has 1 amide bonds. The molecule has 3 rings (SSSR count). The minimum atomic E-state index is -3.42. The van der Waals surface area contributed by atoms with Crippen LogP contribution in [0.4, 0.5) is 5.69 Å². The summed E-state index contributed by atoms with van der Waals surface area (Å²) in [6.07, 6.45) is 0. The predicted octanol–water partition coefficient (Wildman–Crippen LogP) is 3.84. The third-order valence-corrected chi connectivity index (χ3v) is 6.59. The molecule has 0 aliphatic heterocycles. The third-order valence-electron chi connectivity index (χ3n) is 4.88. The van der Waals surface area contributed by atoms with Crippen molar-refractivity contribution in [1.82, 2.24) is 5.32 Å². The van der Waals surface area contributed by atoms with E-state index < -0.39 is 9.84 Å². The van der Waals surface area contributed by atoms with Gasteiger partial charge in [-0.15, -0.1) is 0 Å². The molecule has 0 bridgehead atoms. The number of rotatable bonds is 8. The number of benzene rings is 3. The Bertz CT molecular complexity index is 1080. The molecule has 30 heavy (non-hydrogen) atoms. The van der Waals surface area contributed by atoms with Crippen molar-refractivity contribution in [2.45, 2.75) is 17.6 Å². The van der Waals surface area contributed by atoms with Crippen LogP contribution in [0.1, 0.15) is 21.5 Å². The van der Waals surface area contributed by atoms with E-state index in [1.807, 2.05) is 44.3 Å². The number of carbonyl (C=O) groups excluding carboxylic acids is 1. The van der Waals surface area contributed by atoms with Crippen LogP contribution in [-0.4, -0.2) is 34.5 Å². The monoisotopic (exact) mass is 422 g/mol. The van der Waals surface area contributed by atoms with E-state index >= 15 is 0 Å². The molecule has 0 saturated carbocycles. The highest BCUT2D eigenvalue weighted by Crippen LogP contribution is 2.17. The Kier molecular flexibility index (Phi) is 6.90. The zero-order chi connectivity index (χ0) is 21.6. The van der Waals surface area contributed by atoms with Crippen LogP contribution >= 0.6 is 0 Å². The summed E-state index contributed by atoms with van der Waals surface area (Å²) in [5, 5.41) is 2.90. The van der Waals surface area contributed by atoms with Crippen molar-refractivity contribution in [2.24, 2.45) is 0 Å². The quantitative estimate of drug-likeness (QED) is 0.599. The van der Waals surface area contributed by atoms with Gasteiger partial charge in [-0.05, 0) is 48.9 Å². The van der Waals surface area contributed by atoms with Crippen LogP contribution in [0.15, 0.2) is 83.8 Å². The van der Waals surface area contributed by atoms with E-state index in [-0.39, 0.29) is 11.7 Å². The zero-order valence-electron chi connectivity index (χ0n) is 17.2.